The number of carbonyl (C=O) groups excluding carboxylic acids is 2. The van der Waals surface area contributed by atoms with Gasteiger partial charge < -0.3 is 15.0 Å². The molecule has 1 heterocycles. The van der Waals surface area contributed by atoms with Crippen LogP contribution in [0.25, 0.3) is 0 Å². The van der Waals surface area contributed by atoms with E-state index in [1.54, 1.807) is 17.0 Å². The van der Waals surface area contributed by atoms with E-state index >= 15 is 0 Å². The fraction of sp³-hybridized carbons (Fsp3) is 0.360. The van der Waals surface area contributed by atoms with E-state index in [0.717, 1.165) is 61.0 Å². The van der Waals surface area contributed by atoms with Crippen LogP contribution in [0.15, 0.2) is 53.7 Å². The Kier molecular flexibility index (Phi) is 9.18. The Morgan fingerprint density at radius 1 is 1.09 bits per heavy atom. The number of ether oxygens (including phenoxy) is 1. The van der Waals surface area contributed by atoms with Crippen LogP contribution in [0.2, 0.25) is 10.0 Å². The van der Waals surface area contributed by atoms with E-state index in [0.29, 0.717) is 24.0 Å². The van der Waals surface area contributed by atoms with Gasteiger partial charge in [0.15, 0.2) is 0 Å². The molecule has 1 aliphatic carbocycles. The van der Waals surface area contributed by atoms with Crippen molar-refractivity contribution in [3.63, 3.8) is 0 Å². The second kappa shape index (κ2) is 12.1. The number of nitrogens with one attached hydrogen (secondary N) is 1. The number of hydrogen-bond acceptors (Lipinski definition) is 4. The highest BCUT2D eigenvalue weighted by Crippen LogP contribution is 2.29. The molecule has 0 bridgehead atoms. The van der Waals surface area contributed by atoms with E-state index in [1.165, 1.54) is 11.1 Å². The molecule has 0 aromatic heterocycles. The summed E-state index contributed by atoms with van der Waals surface area (Å²) in [4.78, 5) is 25.6. The van der Waals surface area contributed by atoms with Gasteiger partial charge in [0.05, 0.1) is 6.61 Å². The summed E-state index contributed by atoms with van der Waals surface area (Å²) in [5.41, 5.74) is 4.25. The summed E-state index contributed by atoms with van der Waals surface area (Å²) in [6.45, 7) is 4.21. The van der Waals surface area contributed by atoms with Crippen molar-refractivity contribution in [2.75, 3.05) is 31.6 Å². The molecule has 6 nitrogen and oxygen atoms in total. The van der Waals surface area contributed by atoms with Crippen molar-refractivity contribution < 1.29 is 14.3 Å². The molecule has 0 spiro atoms. The number of likely N-dealkylation sites (N-methyl/N-ethyl adjacent to an activating group) is 1. The molecule has 4 rings (SSSR count). The molecule has 0 radical (unpaired) electrons. The van der Waals surface area contributed by atoms with Crippen LogP contribution in [0.3, 0.4) is 0 Å². The van der Waals surface area contributed by atoms with Crippen molar-refractivity contribution >= 4 is 41.7 Å². The Bertz CT molecular complexity index is 995. The van der Waals surface area contributed by atoms with Gasteiger partial charge in [0.1, 0.15) is 5.75 Å². The van der Waals surface area contributed by atoms with Gasteiger partial charge in [0, 0.05) is 47.0 Å². The summed E-state index contributed by atoms with van der Waals surface area (Å²) in [7, 11) is 2.02. The normalized spacial score (nSPS) is 16.6. The number of aryl methyl sites for hydroxylation is 1. The third-order valence-electron chi connectivity index (χ3n) is 5.99. The van der Waals surface area contributed by atoms with Crippen molar-refractivity contribution in [1.29, 1.82) is 0 Å². The fourth-order valence-corrected chi connectivity index (χ4v) is 4.25. The monoisotopic (exact) mass is 489 g/mol. The zero-order valence-corrected chi connectivity index (χ0v) is 20.4. The molecule has 8 heteroatoms. The Balaban J connectivity index is 0.000000231. The summed E-state index contributed by atoms with van der Waals surface area (Å²) in [6, 6.07) is 13.3. The molecule has 2 aromatic rings. The lowest BCUT2D eigenvalue weighted by atomic mass is 9.88. The number of benzene rings is 2. The standard InChI is InChI=1S/C16H20ClN3O2.C9H9ClO/c1-12-15(18-10-21)9-16(12)19(2)7-8-20(11-22)14-5-3-13(17)4-6-14;10-8-3-4-9-7(6-8)2-1-5-11-9/h3-6,10-11,16H,7-9H2,1-2H3,(H,18,21);3-4,6H,1-2,5H2. The molecule has 176 valence electrons. The Morgan fingerprint density at radius 3 is 2.48 bits per heavy atom. The highest BCUT2D eigenvalue weighted by atomic mass is 35.5. The first kappa shape index (κ1) is 25.1. The van der Waals surface area contributed by atoms with Crippen LogP contribution in [0, 0.1) is 0 Å². The van der Waals surface area contributed by atoms with Gasteiger partial charge in [0.2, 0.25) is 12.8 Å². The van der Waals surface area contributed by atoms with E-state index in [-0.39, 0.29) is 0 Å². The highest BCUT2D eigenvalue weighted by Gasteiger charge is 2.29. The van der Waals surface area contributed by atoms with Crippen molar-refractivity contribution in [3.05, 3.63) is 69.3 Å². The van der Waals surface area contributed by atoms with Crippen molar-refractivity contribution in [3.8, 4) is 5.75 Å². The van der Waals surface area contributed by atoms with Crippen LogP contribution in [0.4, 0.5) is 5.69 Å². The maximum Gasteiger partial charge on any atom is 0.214 e. The average Bonchev–Trinajstić information content (AvgIpc) is 2.82. The van der Waals surface area contributed by atoms with Crippen LogP contribution in [-0.4, -0.2) is 50.5 Å². The van der Waals surface area contributed by atoms with Gasteiger partial charge in [-0.2, -0.15) is 0 Å². The maximum absolute atomic E-state index is 11.3. The van der Waals surface area contributed by atoms with Crippen molar-refractivity contribution in [1.82, 2.24) is 10.2 Å². The molecule has 0 saturated heterocycles. The number of halogens is 2. The number of carbonyl (C=O) groups is 2. The molecule has 33 heavy (non-hydrogen) atoms. The number of nitrogens with zero attached hydrogens (tertiary/aromatic N) is 2. The van der Waals surface area contributed by atoms with Gasteiger partial charge in [-0.05, 0) is 80.4 Å². The summed E-state index contributed by atoms with van der Waals surface area (Å²) in [5.74, 6) is 1.00. The van der Waals surface area contributed by atoms with E-state index in [1.807, 2.05) is 44.3 Å². The van der Waals surface area contributed by atoms with Crippen LogP contribution in [0.1, 0.15) is 25.3 Å². The van der Waals surface area contributed by atoms with Gasteiger partial charge in [0.25, 0.3) is 0 Å². The lowest BCUT2D eigenvalue weighted by Gasteiger charge is -2.38. The Hall–Kier alpha value is -2.54. The number of rotatable bonds is 8. The molecule has 1 unspecified atom stereocenters. The molecule has 1 atom stereocenters. The first-order chi connectivity index (χ1) is 15.9. The predicted molar refractivity (Wildman–Crippen MR) is 133 cm³/mol. The second-order valence-electron chi connectivity index (χ2n) is 8.10. The molecule has 2 aliphatic rings. The molecule has 2 aromatic carbocycles. The van der Waals surface area contributed by atoms with E-state index in [4.69, 9.17) is 27.9 Å². The number of anilines is 1. The van der Waals surface area contributed by atoms with Gasteiger partial charge in [-0.25, -0.2) is 0 Å². The van der Waals surface area contributed by atoms with Crippen molar-refractivity contribution in [2.45, 2.75) is 32.2 Å². The number of fused-ring (bicyclic) bond motifs is 1. The van der Waals surface area contributed by atoms with Gasteiger partial charge in [-0.15, -0.1) is 0 Å². The smallest absolute Gasteiger partial charge is 0.214 e. The highest BCUT2D eigenvalue weighted by molar-refractivity contribution is 6.31. The first-order valence-electron chi connectivity index (χ1n) is 10.9. The third kappa shape index (κ3) is 6.73. The van der Waals surface area contributed by atoms with E-state index < -0.39 is 0 Å². The number of amides is 2. The Labute approximate surface area is 205 Å². The lowest BCUT2D eigenvalue weighted by Crippen LogP contribution is -2.45. The molecular weight excluding hydrogens is 461 g/mol. The average molecular weight is 490 g/mol. The molecule has 1 aliphatic heterocycles. The van der Waals surface area contributed by atoms with Crippen LogP contribution in [-0.2, 0) is 16.0 Å². The topological polar surface area (TPSA) is 61.9 Å². The molecule has 0 fully saturated rings. The van der Waals surface area contributed by atoms with E-state index in [2.05, 4.69) is 10.2 Å². The summed E-state index contributed by atoms with van der Waals surface area (Å²) >= 11 is 11.7. The van der Waals surface area contributed by atoms with Gasteiger partial charge >= 0.3 is 0 Å². The summed E-state index contributed by atoms with van der Waals surface area (Å²) in [6.07, 6.45) is 4.58. The fourth-order valence-electron chi connectivity index (χ4n) is 3.93. The first-order valence-corrected chi connectivity index (χ1v) is 11.7. The zero-order valence-electron chi connectivity index (χ0n) is 18.9. The van der Waals surface area contributed by atoms with Gasteiger partial charge in [-0.3, -0.25) is 14.5 Å². The summed E-state index contributed by atoms with van der Waals surface area (Å²) < 4.78 is 5.42. The molecule has 1 N–H and O–H groups in total. The Morgan fingerprint density at radius 2 is 1.82 bits per heavy atom. The lowest BCUT2D eigenvalue weighted by molar-refractivity contribution is -0.109. The maximum atomic E-state index is 11.3. The quantitative estimate of drug-likeness (QED) is 0.546. The minimum absolute atomic E-state index is 0.321. The van der Waals surface area contributed by atoms with E-state index in [9.17, 15) is 9.59 Å². The van der Waals surface area contributed by atoms with Crippen molar-refractivity contribution in [2.24, 2.45) is 0 Å². The van der Waals surface area contributed by atoms with Crippen LogP contribution in [0.5, 0.6) is 5.75 Å². The molecule has 0 saturated carbocycles. The molecular formula is C25H29Cl2N3O3. The molecule has 2 amide bonds. The van der Waals surface area contributed by atoms with Crippen LogP contribution < -0.4 is 15.0 Å². The minimum atomic E-state index is 0.321. The number of hydrogen-bond donors (Lipinski definition) is 1. The largest absolute Gasteiger partial charge is 0.493 e. The summed E-state index contributed by atoms with van der Waals surface area (Å²) in [5, 5.41) is 4.17. The zero-order chi connectivity index (χ0) is 23.8. The van der Waals surface area contributed by atoms with Crippen LogP contribution >= 0.6 is 23.2 Å². The SMILES string of the molecule is CC1=C(NC=O)CC1N(C)CCN(C=O)c1ccc(Cl)cc1.Clc1ccc2c(c1)CCCO2. The third-order valence-corrected chi connectivity index (χ3v) is 6.48. The second-order valence-corrected chi connectivity index (χ2v) is 8.98. The minimum Gasteiger partial charge on any atom is -0.493 e. The predicted octanol–water partition coefficient (Wildman–Crippen LogP) is 4.69. The van der Waals surface area contributed by atoms with Gasteiger partial charge in [-0.1, -0.05) is 23.2 Å².